The predicted octanol–water partition coefficient (Wildman–Crippen LogP) is 1.62. The standard InChI is InChI=1S/C14H12N4O/c1-18(10-11-2-4-16-5-3-11)14(19)13-6-12(7-15)8-17-9-13/h2-6,8-9H,10H2,1H3. The van der Waals surface area contributed by atoms with Gasteiger partial charge in [0.1, 0.15) is 6.07 Å². The molecule has 0 bridgehead atoms. The molecule has 5 nitrogen and oxygen atoms in total. The second kappa shape index (κ2) is 5.74. The summed E-state index contributed by atoms with van der Waals surface area (Å²) in [5.41, 5.74) is 1.79. The average molecular weight is 252 g/mol. The number of nitriles is 1. The number of carbonyl (C=O) groups is 1. The van der Waals surface area contributed by atoms with Crippen molar-refractivity contribution in [3.63, 3.8) is 0 Å². The Hall–Kier alpha value is -2.74. The fourth-order valence-electron chi connectivity index (χ4n) is 1.67. The highest BCUT2D eigenvalue weighted by atomic mass is 16.2. The first-order valence-corrected chi connectivity index (χ1v) is 5.70. The van der Waals surface area contributed by atoms with Gasteiger partial charge in [-0.3, -0.25) is 14.8 Å². The highest BCUT2D eigenvalue weighted by Crippen LogP contribution is 2.08. The summed E-state index contributed by atoms with van der Waals surface area (Å²) in [6.45, 7) is 0.484. The van der Waals surface area contributed by atoms with Gasteiger partial charge in [0.25, 0.3) is 5.91 Å². The number of aromatic nitrogens is 2. The fraction of sp³-hybridized carbons (Fsp3) is 0.143. The Bertz CT molecular complexity index is 619. The van der Waals surface area contributed by atoms with Crippen LogP contribution >= 0.6 is 0 Å². The number of pyridine rings is 2. The molecule has 0 fully saturated rings. The van der Waals surface area contributed by atoms with E-state index in [1.54, 1.807) is 30.4 Å². The number of hydrogen-bond acceptors (Lipinski definition) is 4. The zero-order chi connectivity index (χ0) is 13.7. The van der Waals surface area contributed by atoms with E-state index in [-0.39, 0.29) is 5.91 Å². The van der Waals surface area contributed by atoms with Crippen LogP contribution in [0.3, 0.4) is 0 Å². The van der Waals surface area contributed by atoms with Crippen LogP contribution in [0.1, 0.15) is 21.5 Å². The van der Waals surface area contributed by atoms with Gasteiger partial charge in [-0.05, 0) is 23.8 Å². The van der Waals surface area contributed by atoms with Gasteiger partial charge in [0.15, 0.2) is 0 Å². The smallest absolute Gasteiger partial charge is 0.255 e. The van der Waals surface area contributed by atoms with Crippen molar-refractivity contribution in [3.05, 3.63) is 59.7 Å². The van der Waals surface area contributed by atoms with Crippen LogP contribution in [0.4, 0.5) is 0 Å². The van der Waals surface area contributed by atoms with E-state index < -0.39 is 0 Å². The molecule has 19 heavy (non-hydrogen) atoms. The Morgan fingerprint density at radius 2 is 2.05 bits per heavy atom. The largest absolute Gasteiger partial charge is 0.337 e. The van der Waals surface area contributed by atoms with Gasteiger partial charge in [-0.2, -0.15) is 5.26 Å². The Morgan fingerprint density at radius 3 is 2.74 bits per heavy atom. The molecule has 0 N–H and O–H groups in total. The van der Waals surface area contributed by atoms with Crippen molar-refractivity contribution >= 4 is 5.91 Å². The molecule has 94 valence electrons. The average Bonchev–Trinajstić information content (AvgIpc) is 2.47. The maximum absolute atomic E-state index is 12.2. The van der Waals surface area contributed by atoms with Crippen LogP contribution in [-0.4, -0.2) is 27.8 Å². The summed E-state index contributed by atoms with van der Waals surface area (Å²) in [4.78, 5) is 21.6. The summed E-state index contributed by atoms with van der Waals surface area (Å²) < 4.78 is 0. The third kappa shape index (κ3) is 3.13. The SMILES string of the molecule is CN(Cc1ccncc1)C(=O)c1cncc(C#N)c1. The quantitative estimate of drug-likeness (QED) is 0.832. The lowest BCUT2D eigenvalue weighted by molar-refractivity contribution is 0.0784. The van der Waals surface area contributed by atoms with Gasteiger partial charge in [0.05, 0.1) is 11.1 Å². The highest BCUT2D eigenvalue weighted by molar-refractivity contribution is 5.94. The van der Waals surface area contributed by atoms with Gasteiger partial charge >= 0.3 is 0 Å². The molecule has 1 amide bonds. The van der Waals surface area contributed by atoms with E-state index in [9.17, 15) is 4.79 Å². The maximum atomic E-state index is 12.2. The van der Waals surface area contributed by atoms with E-state index in [0.29, 0.717) is 17.7 Å². The first kappa shape index (κ1) is 12.7. The Labute approximate surface area is 111 Å². The molecular weight excluding hydrogens is 240 g/mol. The second-order valence-corrected chi connectivity index (χ2v) is 4.09. The van der Waals surface area contributed by atoms with Crippen LogP contribution in [0, 0.1) is 11.3 Å². The van der Waals surface area contributed by atoms with Crippen molar-refractivity contribution in [3.8, 4) is 6.07 Å². The molecule has 0 aromatic carbocycles. The molecule has 5 heteroatoms. The summed E-state index contributed by atoms with van der Waals surface area (Å²) in [5, 5.41) is 8.80. The van der Waals surface area contributed by atoms with Crippen molar-refractivity contribution in [2.75, 3.05) is 7.05 Å². The number of carbonyl (C=O) groups excluding carboxylic acids is 1. The third-order valence-corrected chi connectivity index (χ3v) is 2.63. The molecule has 0 saturated carbocycles. The first-order chi connectivity index (χ1) is 9.20. The van der Waals surface area contributed by atoms with Crippen LogP contribution < -0.4 is 0 Å². The predicted molar refractivity (Wildman–Crippen MR) is 69.0 cm³/mol. The summed E-state index contributed by atoms with van der Waals surface area (Å²) in [6.07, 6.45) is 6.27. The van der Waals surface area contributed by atoms with Gasteiger partial charge in [0.2, 0.25) is 0 Å². The van der Waals surface area contributed by atoms with Crippen molar-refractivity contribution in [2.24, 2.45) is 0 Å². The summed E-state index contributed by atoms with van der Waals surface area (Å²) in [7, 11) is 1.71. The summed E-state index contributed by atoms with van der Waals surface area (Å²) >= 11 is 0. The molecule has 2 heterocycles. The molecule has 2 aromatic heterocycles. The van der Waals surface area contributed by atoms with E-state index >= 15 is 0 Å². The monoisotopic (exact) mass is 252 g/mol. The topological polar surface area (TPSA) is 69.9 Å². The normalized spacial score (nSPS) is 9.68. The van der Waals surface area contributed by atoms with Crippen LogP contribution in [-0.2, 0) is 6.54 Å². The number of hydrogen-bond donors (Lipinski definition) is 0. The number of amides is 1. The number of rotatable bonds is 3. The van der Waals surface area contributed by atoms with Crippen molar-refractivity contribution < 1.29 is 4.79 Å². The molecule has 0 atom stereocenters. The third-order valence-electron chi connectivity index (χ3n) is 2.63. The van der Waals surface area contributed by atoms with E-state index in [2.05, 4.69) is 9.97 Å². The molecule has 2 aromatic rings. The van der Waals surface area contributed by atoms with Crippen molar-refractivity contribution in [2.45, 2.75) is 6.54 Å². The fourth-order valence-corrected chi connectivity index (χ4v) is 1.67. The van der Waals surface area contributed by atoms with Crippen LogP contribution in [0.2, 0.25) is 0 Å². The van der Waals surface area contributed by atoms with Gasteiger partial charge in [-0.15, -0.1) is 0 Å². The molecule has 0 spiro atoms. The van der Waals surface area contributed by atoms with Crippen molar-refractivity contribution in [1.82, 2.24) is 14.9 Å². The second-order valence-electron chi connectivity index (χ2n) is 4.09. The Morgan fingerprint density at radius 1 is 1.32 bits per heavy atom. The van der Waals surface area contributed by atoms with Crippen LogP contribution in [0.25, 0.3) is 0 Å². The lowest BCUT2D eigenvalue weighted by Gasteiger charge is -2.17. The van der Waals surface area contributed by atoms with Gasteiger partial charge in [-0.1, -0.05) is 0 Å². The molecule has 0 aliphatic carbocycles. The van der Waals surface area contributed by atoms with E-state index in [1.165, 1.54) is 12.4 Å². The maximum Gasteiger partial charge on any atom is 0.255 e. The van der Waals surface area contributed by atoms with Crippen molar-refractivity contribution in [1.29, 1.82) is 5.26 Å². The lowest BCUT2D eigenvalue weighted by Crippen LogP contribution is -2.26. The number of nitrogens with zero attached hydrogens (tertiary/aromatic N) is 4. The zero-order valence-electron chi connectivity index (χ0n) is 10.4. The first-order valence-electron chi connectivity index (χ1n) is 5.70. The van der Waals surface area contributed by atoms with E-state index in [1.807, 2.05) is 18.2 Å². The van der Waals surface area contributed by atoms with Crippen LogP contribution in [0.15, 0.2) is 43.0 Å². The highest BCUT2D eigenvalue weighted by Gasteiger charge is 2.12. The van der Waals surface area contributed by atoms with E-state index in [0.717, 1.165) is 5.56 Å². The summed E-state index contributed by atoms with van der Waals surface area (Å²) in [5.74, 6) is -0.165. The minimum Gasteiger partial charge on any atom is -0.337 e. The molecule has 0 aliphatic rings. The lowest BCUT2D eigenvalue weighted by atomic mass is 10.2. The molecule has 0 saturated heterocycles. The zero-order valence-corrected chi connectivity index (χ0v) is 10.4. The van der Waals surface area contributed by atoms with E-state index in [4.69, 9.17) is 5.26 Å². The Balaban J connectivity index is 2.13. The van der Waals surface area contributed by atoms with Gasteiger partial charge in [-0.25, -0.2) is 0 Å². The molecular formula is C14H12N4O. The summed E-state index contributed by atoms with van der Waals surface area (Å²) in [6, 6.07) is 7.22. The minimum atomic E-state index is -0.165. The molecule has 0 radical (unpaired) electrons. The van der Waals surface area contributed by atoms with Gasteiger partial charge < -0.3 is 4.90 Å². The minimum absolute atomic E-state index is 0.165. The molecule has 2 rings (SSSR count). The van der Waals surface area contributed by atoms with Gasteiger partial charge in [0, 0.05) is 38.4 Å². The molecule has 0 aliphatic heterocycles. The Kier molecular flexibility index (Phi) is 3.84. The molecule has 0 unspecified atom stereocenters. The van der Waals surface area contributed by atoms with Crippen LogP contribution in [0.5, 0.6) is 0 Å².